The Bertz CT molecular complexity index is 355. The van der Waals surface area contributed by atoms with Gasteiger partial charge >= 0.3 is 0 Å². The molecule has 1 saturated heterocycles. The molecule has 138 valence electrons. The Hall–Kier alpha value is 0.314. The lowest BCUT2D eigenvalue weighted by Crippen LogP contribution is -2.62. The Labute approximate surface area is 148 Å². The first kappa shape index (κ1) is 21.4. The molecule has 1 rings (SSSR count). The van der Waals surface area contributed by atoms with Crippen LogP contribution in [0.3, 0.4) is 0 Å². The minimum Gasteiger partial charge on any atom is -0.418 e. The van der Waals surface area contributed by atoms with E-state index < -0.39 is 17.1 Å². The molecule has 0 aromatic heterocycles. The number of nitrogens with zero attached hydrogens (tertiary/aromatic N) is 2. The minimum atomic E-state index is -1.47. The fourth-order valence-electron chi connectivity index (χ4n) is 4.07. The molecule has 23 heavy (non-hydrogen) atoms. The third-order valence-electron chi connectivity index (χ3n) is 5.17. The maximum Gasteiger partial charge on any atom is 0.187 e. The quantitative estimate of drug-likeness (QED) is 0.646. The van der Waals surface area contributed by atoms with Gasteiger partial charge in [0.15, 0.2) is 8.32 Å². The smallest absolute Gasteiger partial charge is 0.187 e. The summed E-state index contributed by atoms with van der Waals surface area (Å²) in [7, 11) is -2.15. The molecule has 1 aliphatic rings. The van der Waals surface area contributed by atoms with Crippen molar-refractivity contribution in [1.82, 2.24) is 9.80 Å². The van der Waals surface area contributed by atoms with E-state index in [0.717, 1.165) is 18.2 Å². The van der Waals surface area contributed by atoms with Crippen molar-refractivity contribution in [2.45, 2.75) is 78.1 Å². The van der Waals surface area contributed by atoms with Gasteiger partial charge in [0.2, 0.25) is 0 Å². The average molecular weight is 359 g/mol. The average Bonchev–Trinajstić information content (AvgIpc) is 2.36. The van der Waals surface area contributed by atoms with E-state index in [9.17, 15) is 0 Å². The molecule has 1 aliphatic heterocycles. The van der Waals surface area contributed by atoms with Gasteiger partial charge in [-0.1, -0.05) is 20.0 Å². The van der Waals surface area contributed by atoms with Crippen LogP contribution in [0.15, 0.2) is 0 Å². The first-order chi connectivity index (χ1) is 10.5. The molecule has 3 nitrogen and oxygen atoms in total. The second kappa shape index (κ2) is 8.61. The van der Waals surface area contributed by atoms with Crippen molar-refractivity contribution in [2.75, 3.05) is 32.8 Å². The van der Waals surface area contributed by atoms with Crippen LogP contribution in [-0.4, -0.2) is 70.9 Å². The van der Waals surface area contributed by atoms with Crippen LogP contribution in [0.4, 0.5) is 0 Å². The molecule has 0 bridgehead atoms. The summed E-state index contributed by atoms with van der Waals surface area (Å²) < 4.78 is 6.05. The van der Waals surface area contributed by atoms with Crippen LogP contribution >= 0.6 is 0 Å². The SMILES string of the molecule is CCO[Si](C)(C)CC(C)CN1CCN(C(C)(C)C)CC1[SiH](C)C. The van der Waals surface area contributed by atoms with Crippen LogP contribution in [-0.2, 0) is 4.43 Å². The predicted molar refractivity (Wildman–Crippen MR) is 109 cm³/mol. The predicted octanol–water partition coefficient (Wildman–Crippen LogP) is 3.67. The van der Waals surface area contributed by atoms with E-state index in [1.165, 1.54) is 32.2 Å². The fourth-order valence-corrected chi connectivity index (χ4v) is 8.57. The maximum atomic E-state index is 6.05. The van der Waals surface area contributed by atoms with Crippen molar-refractivity contribution >= 4 is 17.1 Å². The van der Waals surface area contributed by atoms with Gasteiger partial charge in [0, 0.05) is 44.0 Å². The van der Waals surface area contributed by atoms with E-state index >= 15 is 0 Å². The fraction of sp³-hybridized carbons (Fsp3) is 1.00. The van der Waals surface area contributed by atoms with Crippen molar-refractivity contribution in [3.63, 3.8) is 0 Å². The summed E-state index contributed by atoms with van der Waals surface area (Å²) in [4.78, 5) is 5.52. The van der Waals surface area contributed by atoms with Gasteiger partial charge in [-0.3, -0.25) is 4.90 Å². The molecule has 0 aromatic carbocycles. The molecule has 0 spiro atoms. The maximum absolute atomic E-state index is 6.05. The van der Waals surface area contributed by atoms with Gasteiger partial charge < -0.3 is 9.33 Å². The monoisotopic (exact) mass is 358 g/mol. The highest BCUT2D eigenvalue weighted by Gasteiger charge is 2.35. The highest BCUT2D eigenvalue weighted by Crippen LogP contribution is 2.24. The van der Waals surface area contributed by atoms with Gasteiger partial charge in [-0.25, -0.2) is 0 Å². The van der Waals surface area contributed by atoms with Gasteiger partial charge in [0.1, 0.15) is 0 Å². The molecular formula is C18H42N2OSi2. The highest BCUT2D eigenvalue weighted by atomic mass is 28.4. The van der Waals surface area contributed by atoms with Crippen LogP contribution in [0, 0.1) is 5.92 Å². The van der Waals surface area contributed by atoms with Crippen molar-refractivity contribution in [3.8, 4) is 0 Å². The Balaban J connectivity index is 2.65. The van der Waals surface area contributed by atoms with Crippen LogP contribution in [0.25, 0.3) is 0 Å². The standard InChI is InChI=1S/C18H42N2OSi2/c1-10-21-23(8,9)15-16(2)13-19-11-12-20(18(3,4)5)14-17(19)22(6)7/h16-17,22H,10-15H2,1-9H3. The van der Waals surface area contributed by atoms with E-state index in [4.69, 9.17) is 4.43 Å². The molecule has 2 atom stereocenters. The molecule has 1 fully saturated rings. The lowest BCUT2D eigenvalue weighted by Gasteiger charge is -2.49. The molecule has 2 unspecified atom stereocenters. The Morgan fingerprint density at radius 2 is 1.83 bits per heavy atom. The number of piperazine rings is 1. The van der Waals surface area contributed by atoms with Gasteiger partial charge in [-0.2, -0.15) is 0 Å². The molecule has 0 N–H and O–H groups in total. The zero-order valence-electron chi connectivity index (χ0n) is 17.3. The molecule has 0 aliphatic carbocycles. The Morgan fingerprint density at radius 1 is 1.22 bits per heavy atom. The summed E-state index contributed by atoms with van der Waals surface area (Å²) in [5, 5.41) is 0. The minimum absolute atomic E-state index is 0.309. The van der Waals surface area contributed by atoms with E-state index in [1.807, 2.05) is 0 Å². The zero-order chi connectivity index (χ0) is 17.8. The highest BCUT2D eigenvalue weighted by molar-refractivity contribution is 6.71. The largest absolute Gasteiger partial charge is 0.418 e. The van der Waals surface area contributed by atoms with Gasteiger partial charge in [-0.15, -0.1) is 0 Å². The first-order valence-corrected chi connectivity index (χ1v) is 15.7. The summed E-state index contributed by atoms with van der Waals surface area (Å²) in [5.41, 5.74) is 1.13. The van der Waals surface area contributed by atoms with Crippen molar-refractivity contribution in [1.29, 1.82) is 0 Å². The number of rotatable bonds is 7. The first-order valence-electron chi connectivity index (χ1n) is 9.59. The Kier molecular flexibility index (Phi) is 7.99. The van der Waals surface area contributed by atoms with E-state index in [-0.39, 0.29) is 0 Å². The molecular weight excluding hydrogens is 316 g/mol. The molecule has 0 aromatic rings. The summed E-state index contributed by atoms with van der Waals surface area (Å²) in [6.07, 6.45) is 0. The molecule has 1 heterocycles. The molecule has 0 amide bonds. The zero-order valence-corrected chi connectivity index (χ0v) is 19.4. The van der Waals surface area contributed by atoms with Crippen molar-refractivity contribution in [3.05, 3.63) is 0 Å². The lowest BCUT2D eigenvalue weighted by molar-refractivity contribution is 0.0411. The number of hydrogen-bond donors (Lipinski definition) is 0. The van der Waals surface area contributed by atoms with Crippen LogP contribution in [0.2, 0.25) is 32.2 Å². The molecule has 0 radical (unpaired) electrons. The normalized spacial score (nSPS) is 23.5. The van der Waals surface area contributed by atoms with Crippen LogP contribution in [0.5, 0.6) is 0 Å². The summed E-state index contributed by atoms with van der Waals surface area (Å²) in [5.74, 6) is 0.750. The number of hydrogen-bond acceptors (Lipinski definition) is 3. The van der Waals surface area contributed by atoms with Gasteiger partial charge in [0.05, 0.1) is 8.80 Å². The van der Waals surface area contributed by atoms with Gasteiger partial charge in [0.25, 0.3) is 0 Å². The summed E-state index contributed by atoms with van der Waals surface area (Å²) in [6.45, 7) is 27.3. The van der Waals surface area contributed by atoms with Crippen LogP contribution in [0.1, 0.15) is 34.6 Å². The van der Waals surface area contributed by atoms with Crippen molar-refractivity contribution < 1.29 is 4.43 Å². The Morgan fingerprint density at radius 3 is 2.30 bits per heavy atom. The third-order valence-corrected chi connectivity index (χ3v) is 10.1. The second-order valence-corrected chi connectivity index (χ2v) is 16.9. The summed E-state index contributed by atoms with van der Waals surface area (Å²) >= 11 is 0. The van der Waals surface area contributed by atoms with E-state index in [2.05, 4.69) is 70.6 Å². The molecule has 0 saturated carbocycles. The topological polar surface area (TPSA) is 15.7 Å². The van der Waals surface area contributed by atoms with E-state index in [1.54, 1.807) is 0 Å². The third kappa shape index (κ3) is 6.98. The van der Waals surface area contributed by atoms with Crippen LogP contribution < -0.4 is 0 Å². The van der Waals surface area contributed by atoms with Gasteiger partial charge in [-0.05, 0) is 52.8 Å². The summed E-state index contributed by atoms with van der Waals surface area (Å²) in [6, 6.07) is 1.28. The lowest BCUT2D eigenvalue weighted by atomic mass is 10.0. The van der Waals surface area contributed by atoms with E-state index in [0.29, 0.717) is 5.54 Å². The van der Waals surface area contributed by atoms with Crippen molar-refractivity contribution in [2.24, 2.45) is 5.92 Å². The second-order valence-electron chi connectivity index (χ2n) is 9.43. The molecule has 5 heteroatoms.